The maximum Gasteiger partial charge on any atom is 0.410 e. The molecule has 0 aliphatic heterocycles. The first-order valence-electron chi connectivity index (χ1n) is 13.4. The molecule has 0 saturated carbocycles. The quantitative estimate of drug-likeness (QED) is 0.174. The molecular formula is C31H33ClN2O8. The highest BCUT2D eigenvalue weighted by molar-refractivity contribution is 6.30. The molecule has 0 bridgehead atoms. The Balaban J connectivity index is 1.59. The van der Waals surface area contributed by atoms with Gasteiger partial charge in [0.25, 0.3) is 5.69 Å². The maximum atomic E-state index is 13.4. The number of nitro groups is 1. The standard InChI is InChI=1S/C31H33ClN2O8/c1-31(2,3)42-30(37)33(18-28(35)20-6-5-7-23(32)12-20)24-10-8-19-9-11-26(15-21(19)13-24)41-27-16-22(29(36)40-4)14-25(17-27)34(38)39/h5-7,9,11-12,14-17,24,28,35H,8,10,13,18H2,1-4H3/t24-,28-/m0/s1. The molecule has 1 aliphatic carbocycles. The molecule has 42 heavy (non-hydrogen) atoms. The third kappa shape index (κ3) is 7.77. The van der Waals surface area contributed by atoms with Crippen LogP contribution < -0.4 is 4.74 Å². The van der Waals surface area contributed by atoms with E-state index in [0.717, 1.165) is 17.2 Å². The number of non-ortho nitro benzene ring substituents is 1. The highest BCUT2D eigenvalue weighted by Crippen LogP contribution is 2.33. The number of halogens is 1. The first-order chi connectivity index (χ1) is 19.8. The predicted molar refractivity (Wildman–Crippen MR) is 156 cm³/mol. The largest absolute Gasteiger partial charge is 0.465 e. The Hall–Kier alpha value is -4.15. The first kappa shape index (κ1) is 30.8. The van der Waals surface area contributed by atoms with Gasteiger partial charge in [0.05, 0.1) is 36.3 Å². The van der Waals surface area contributed by atoms with Crippen molar-refractivity contribution in [2.24, 2.45) is 0 Å². The van der Waals surface area contributed by atoms with Crippen LogP contribution in [0.1, 0.15) is 60.3 Å². The normalized spacial score (nSPS) is 15.2. The molecule has 222 valence electrons. The van der Waals surface area contributed by atoms with Crippen molar-refractivity contribution >= 4 is 29.4 Å². The van der Waals surface area contributed by atoms with Gasteiger partial charge in [-0.25, -0.2) is 9.59 Å². The van der Waals surface area contributed by atoms with Crippen molar-refractivity contribution in [1.82, 2.24) is 4.90 Å². The van der Waals surface area contributed by atoms with Gasteiger partial charge in [-0.05, 0) is 87.1 Å². The van der Waals surface area contributed by atoms with Crippen LogP contribution in [0.4, 0.5) is 10.5 Å². The lowest BCUT2D eigenvalue weighted by atomic mass is 9.87. The molecule has 0 spiro atoms. The number of carbonyl (C=O) groups excluding carboxylic acids is 2. The summed E-state index contributed by atoms with van der Waals surface area (Å²) in [5, 5.41) is 22.9. The second-order valence-corrected chi connectivity index (χ2v) is 11.5. The number of fused-ring (bicyclic) bond motifs is 1. The van der Waals surface area contributed by atoms with Gasteiger partial charge < -0.3 is 24.2 Å². The smallest absolute Gasteiger partial charge is 0.410 e. The van der Waals surface area contributed by atoms with E-state index in [1.165, 1.54) is 19.2 Å². The Bertz CT molecular complexity index is 1490. The SMILES string of the molecule is COC(=O)c1cc(Oc2ccc3c(c2)C[C@@H](N(C[C@H](O)c2cccc(Cl)c2)C(=O)OC(C)(C)C)CC3)cc([N+](=O)[O-])c1. The molecule has 1 amide bonds. The van der Waals surface area contributed by atoms with Gasteiger partial charge in [0.15, 0.2) is 0 Å². The molecule has 0 aromatic heterocycles. The van der Waals surface area contributed by atoms with Crippen molar-refractivity contribution in [1.29, 1.82) is 0 Å². The van der Waals surface area contributed by atoms with E-state index in [1.807, 2.05) is 12.1 Å². The third-order valence-corrected chi connectivity index (χ3v) is 7.05. The monoisotopic (exact) mass is 596 g/mol. The summed E-state index contributed by atoms with van der Waals surface area (Å²) >= 11 is 6.12. The number of benzene rings is 3. The molecule has 3 aromatic carbocycles. The van der Waals surface area contributed by atoms with Crippen LogP contribution in [-0.4, -0.2) is 52.3 Å². The highest BCUT2D eigenvalue weighted by atomic mass is 35.5. The number of aryl methyl sites for hydroxylation is 1. The van der Waals surface area contributed by atoms with E-state index >= 15 is 0 Å². The Morgan fingerprint density at radius 1 is 1.10 bits per heavy atom. The van der Waals surface area contributed by atoms with Crippen LogP contribution in [0, 0.1) is 10.1 Å². The Morgan fingerprint density at radius 2 is 1.86 bits per heavy atom. The lowest BCUT2D eigenvalue weighted by Crippen LogP contribution is -2.47. The summed E-state index contributed by atoms with van der Waals surface area (Å²) in [5.74, 6) is -0.204. The average molecular weight is 597 g/mol. The number of aliphatic hydroxyl groups is 1. The summed E-state index contributed by atoms with van der Waals surface area (Å²) in [6.45, 7) is 5.37. The summed E-state index contributed by atoms with van der Waals surface area (Å²) < 4.78 is 16.4. The minimum absolute atomic E-state index is 0.00834. The Kier molecular flexibility index (Phi) is 9.38. The third-order valence-electron chi connectivity index (χ3n) is 6.81. The van der Waals surface area contributed by atoms with E-state index in [2.05, 4.69) is 0 Å². The number of amides is 1. The van der Waals surface area contributed by atoms with Gasteiger partial charge in [0, 0.05) is 17.1 Å². The van der Waals surface area contributed by atoms with E-state index in [9.17, 15) is 24.8 Å². The molecule has 0 saturated heterocycles. The van der Waals surface area contributed by atoms with Crippen molar-refractivity contribution in [2.75, 3.05) is 13.7 Å². The van der Waals surface area contributed by atoms with Gasteiger partial charge in [0.1, 0.15) is 17.1 Å². The predicted octanol–water partition coefficient (Wildman–Crippen LogP) is 6.66. The van der Waals surface area contributed by atoms with Crippen molar-refractivity contribution in [3.63, 3.8) is 0 Å². The van der Waals surface area contributed by atoms with E-state index in [1.54, 1.807) is 56.0 Å². The summed E-state index contributed by atoms with van der Waals surface area (Å²) in [6, 6.07) is 15.8. The fraction of sp³-hybridized carbons (Fsp3) is 0.355. The number of carbonyl (C=O) groups is 2. The molecule has 10 nitrogen and oxygen atoms in total. The highest BCUT2D eigenvalue weighted by Gasteiger charge is 2.33. The second-order valence-electron chi connectivity index (χ2n) is 11.1. The van der Waals surface area contributed by atoms with E-state index in [-0.39, 0.29) is 29.6 Å². The zero-order valence-corrected chi connectivity index (χ0v) is 24.6. The van der Waals surface area contributed by atoms with E-state index in [4.69, 9.17) is 25.8 Å². The maximum absolute atomic E-state index is 13.4. The molecule has 1 aliphatic rings. The minimum atomic E-state index is -0.981. The number of hydrogen-bond donors (Lipinski definition) is 1. The summed E-state index contributed by atoms with van der Waals surface area (Å²) in [4.78, 5) is 37.8. The number of rotatable bonds is 8. The number of ether oxygens (including phenoxy) is 3. The number of hydrogen-bond acceptors (Lipinski definition) is 8. The fourth-order valence-electron chi connectivity index (χ4n) is 4.86. The van der Waals surface area contributed by atoms with Crippen molar-refractivity contribution < 1.29 is 33.8 Å². The Morgan fingerprint density at radius 3 is 2.52 bits per heavy atom. The number of aliphatic hydroxyl groups excluding tert-OH is 1. The minimum Gasteiger partial charge on any atom is -0.465 e. The number of esters is 1. The summed E-state index contributed by atoms with van der Waals surface area (Å²) in [5.41, 5.74) is 1.54. The molecule has 3 aromatic rings. The second kappa shape index (κ2) is 12.8. The van der Waals surface area contributed by atoms with E-state index in [0.29, 0.717) is 35.6 Å². The van der Waals surface area contributed by atoms with Crippen LogP contribution in [0.25, 0.3) is 0 Å². The van der Waals surface area contributed by atoms with Crippen LogP contribution in [0.15, 0.2) is 60.7 Å². The molecule has 0 heterocycles. The van der Waals surface area contributed by atoms with Gasteiger partial charge in [-0.1, -0.05) is 29.8 Å². The van der Waals surface area contributed by atoms with Crippen LogP contribution in [0.5, 0.6) is 11.5 Å². The summed E-state index contributed by atoms with van der Waals surface area (Å²) in [6.07, 6.45) is 0.288. The van der Waals surface area contributed by atoms with Crippen molar-refractivity contribution in [3.05, 3.63) is 98.1 Å². The fourth-order valence-corrected chi connectivity index (χ4v) is 5.06. The van der Waals surface area contributed by atoms with E-state index < -0.39 is 28.7 Å². The van der Waals surface area contributed by atoms with Crippen molar-refractivity contribution in [3.8, 4) is 11.5 Å². The van der Waals surface area contributed by atoms with Gasteiger partial charge in [-0.15, -0.1) is 0 Å². The molecule has 0 radical (unpaired) electrons. The average Bonchev–Trinajstić information content (AvgIpc) is 2.93. The number of methoxy groups -OCH3 is 1. The zero-order chi connectivity index (χ0) is 30.6. The molecular weight excluding hydrogens is 564 g/mol. The number of nitrogens with zero attached hydrogens (tertiary/aromatic N) is 2. The molecule has 0 fully saturated rings. The van der Waals surface area contributed by atoms with Gasteiger partial charge in [-0.3, -0.25) is 10.1 Å². The van der Waals surface area contributed by atoms with Crippen LogP contribution in [0.3, 0.4) is 0 Å². The van der Waals surface area contributed by atoms with Crippen LogP contribution in [0.2, 0.25) is 5.02 Å². The lowest BCUT2D eigenvalue weighted by molar-refractivity contribution is -0.384. The molecule has 1 N–H and O–H groups in total. The molecule has 2 atom stereocenters. The van der Waals surface area contributed by atoms with Gasteiger partial charge >= 0.3 is 12.1 Å². The topological polar surface area (TPSA) is 128 Å². The zero-order valence-electron chi connectivity index (χ0n) is 23.8. The van der Waals surface area contributed by atoms with Gasteiger partial charge in [-0.2, -0.15) is 0 Å². The lowest BCUT2D eigenvalue weighted by Gasteiger charge is -2.37. The summed E-state index contributed by atoms with van der Waals surface area (Å²) in [7, 11) is 1.19. The Labute approximate surface area is 248 Å². The first-order valence-corrected chi connectivity index (χ1v) is 13.8. The molecule has 0 unspecified atom stereocenters. The van der Waals surface area contributed by atoms with Crippen LogP contribution in [-0.2, 0) is 22.3 Å². The van der Waals surface area contributed by atoms with Gasteiger partial charge in [0.2, 0.25) is 0 Å². The number of nitro benzene ring substituents is 1. The molecule has 11 heteroatoms. The van der Waals surface area contributed by atoms with Crippen molar-refractivity contribution in [2.45, 2.75) is 57.8 Å². The van der Waals surface area contributed by atoms with Crippen LogP contribution >= 0.6 is 11.6 Å². The molecule has 4 rings (SSSR count).